The number of nitrogens with zero attached hydrogens (tertiary/aromatic N) is 1. The van der Waals surface area contributed by atoms with Crippen molar-refractivity contribution in [1.82, 2.24) is 0 Å². The molecule has 2 nitrogen and oxygen atoms in total. The predicted octanol–water partition coefficient (Wildman–Crippen LogP) is 3.68. The van der Waals surface area contributed by atoms with Crippen LogP contribution in [0.1, 0.15) is 20.3 Å². The molecule has 0 bridgehead atoms. The van der Waals surface area contributed by atoms with Crippen LogP contribution >= 0.6 is 0 Å². The van der Waals surface area contributed by atoms with Crippen LogP contribution in [0.15, 0.2) is 54.1 Å². The number of rotatable bonds is 4. The summed E-state index contributed by atoms with van der Waals surface area (Å²) in [5.41, 5.74) is 1.03. The molecule has 2 atom stereocenters. The van der Waals surface area contributed by atoms with Crippen molar-refractivity contribution in [3.05, 3.63) is 49.1 Å². The van der Waals surface area contributed by atoms with Gasteiger partial charge in [-0.2, -0.15) is 0 Å². The Morgan fingerprint density at radius 3 is 2.83 bits per heavy atom. The van der Waals surface area contributed by atoms with Crippen molar-refractivity contribution in [1.29, 1.82) is 0 Å². The van der Waals surface area contributed by atoms with E-state index >= 15 is 0 Å². The van der Waals surface area contributed by atoms with E-state index in [0.717, 1.165) is 17.9 Å². The Balaban J connectivity index is 2.27. The van der Waals surface area contributed by atoms with E-state index in [1.165, 1.54) is 0 Å². The molecule has 2 aliphatic rings. The Morgan fingerprint density at radius 2 is 2.28 bits per heavy atom. The van der Waals surface area contributed by atoms with Crippen LogP contribution in [-0.2, 0) is 4.74 Å². The first-order chi connectivity index (χ1) is 8.57. The smallest absolute Gasteiger partial charge is 0.213 e. The highest BCUT2D eigenvalue weighted by atomic mass is 16.5. The Morgan fingerprint density at radius 1 is 1.50 bits per heavy atom. The van der Waals surface area contributed by atoms with Crippen molar-refractivity contribution in [2.45, 2.75) is 25.8 Å². The molecule has 0 saturated heterocycles. The maximum absolute atomic E-state index is 5.74. The molecular weight excluding hydrogens is 222 g/mol. The Bertz CT molecular complexity index is 440. The SMILES string of the molecule is C=CC[C@H]1C=CC=C(C2=NC(C)(C)CO2)[C@@H]1C=C. The third-order valence-corrected chi connectivity index (χ3v) is 3.36. The Labute approximate surface area is 109 Å². The lowest BCUT2D eigenvalue weighted by Gasteiger charge is -2.25. The Hall–Kier alpha value is -1.57. The summed E-state index contributed by atoms with van der Waals surface area (Å²) in [4.78, 5) is 4.66. The van der Waals surface area contributed by atoms with E-state index in [4.69, 9.17) is 4.74 Å². The summed E-state index contributed by atoms with van der Waals surface area (Å²) in [6, 6.07) is 0. The summed E-state index contributed by atoms with van der Waals surface area (Å²) >= 11 is 0. The summed E-state index contributed by atoms with van der Waals surface area (Å²) in [6.07, 6.45) is 11.3. The highest BCUT2D eigenvalue weighted by Crippen LogP contribution is 2.33. The van der Waals surface area contributed by atoms with E-state index in [2.05, 4.69) is 50.2 Å². The second-order valence-electron chi connectivity index (χ2n) is 5.47. The van der Waals surface area contributed by atoms with Crippen molar-refractivity contribution >= 4 is 5.90 Å². The molecule has 2 heteroatoms. The van der Waals surface area contributed by atoms with Crippen molar-refractivity contribution in [3.8, 4) is 0 Å². The zero-order valence-corrected chi connectivity index (χ0v) is 11.2. The lowest BCUT2D eigenvalue weighted by molar-refractivity contribution is 0.277. The average Bonchev–Trinajstić information content (AvgIpc) is 2.70. The molecule has 0 aromatic carbocycles. The third kappa shape index (κ3) is 2.47. The van der Waals surface area contributed by atoms with Crippen LogP contribution in [0.2, 0.25) is 0 Å². The van der Waals surface area contributed by atoms with Crippen LogP contribution in [-0.4, -0.2) is 18.0 Å². The van der Waals surface area contributed by atoms with Gasteiger partial charge >= 0.3 is 0 Å². The molecule has 0 aromatic rings. The lowest BCUT2D eigenvalue weighted by atomic mass is 9.80. The summed E-state index contributed by atoms with van der Waals surface area (Å²) in [7, 11) is 0. The molecule has 0 amide bonds. The molecule has 1 heterocycles. The van der Waals surface area contributed by atoms with E-state index in [9.17, 15) is 0 Å². The second kappa shape index (κ2) is 4.97. The van der Waals surface area contributed by atoms with Gasteiger partial charge in [0.25, 0.3) is 0 Å². The first kappa shape index (κ1) is 12.9. The summed E-state index contributed by atoms with van der Waals surface area (Å²) in [5.74, 6) is 1.46. The van der Waals surface area contributed by atoms with Gasteiger partial charge in [-0.3, -0.25) is 0 Å². The lowest BCUT2D eigenvalue weighted by Crippen LogP contribution is -2.21. The average molecular weight is 243 g/mol. The molecule has 0 spiro atoms. The highest BCUT2D eigenvalue weighted by molar-refractivity contribution is 5.96. The normalized spacial score (nSPS) is 29.2. The van der Waals surface area contributed by atoms with E-state index in [1.807, 2.05) is 12.2 Å². The fourth-order valence-electron chi connectivity index (χ4n) is 2.43. The van der Waals surface area contributed by atoms with E-state index < -0.39 is 0 Å². The molecule has 1 aliphatic heterocycles. The molecule has 0 saturated carbocycles. The molecule has 0 radical (unpaired) electrons. The summed E-state index contributed by atoms with van der Waals surface area (Å²) in [5, 5.41) is 0. The van der Waals surface area contributed by atoms with Crippen LogP contribution in [0.5, 0.6) is 0 Å². The Kier molecular flexibility index (Phi) is 3.55. The van der Waals surface area contributed by atoms with Gasteiger partial charge in [0, 0.05) is 11.5 Å². The molecule has 0 aromatic heterocycles. The molecular formula is C16H21NO. The number of allylic oxidation sites excluding steroid dienone is 5. The highest BCUT2D eigenvalue weighted by Gasteiger charge is 2.32. The van der Waals surface area contributed by atoms with Gasteiger partial charge in [-0.15, -0.1) is 13.2 Å². The number of aliphatic imine (C=N–C) groups is 1. The minimum Gasteiger partial charge on any atom is -0.475 e. The minimum absolute atomic E-state index is 0.114. The first-order valence-corrected chi connectivity index (χ1v) is 6.42. The van der Waals surface area contributed by atoms with Crippen molar-refractivity contribution in [2.75, 3.05) is 6.61 Å². The maximum Gasteiger partial charge on any atom is 0.213 e. The van der Waals surface area contributed by atoms with Crippen LogP contribution in [0.4, 0.5) is 0 Å². The summed E-state index contributed by atoms with van der Waals surface area (Å²) < 4.78 is 5.74. The van der Waals surface area contributed by atoms with E-state index in [-0.39, 0.29) is 11.5 Å². The zero-order chi connectivity index (χ0) is 13.2. The van der Waals surface area contributed by atoms with Crippen molar-refractivity contribution in [2.24, 2.45) is 16.8 Å². The number of hydrogen-bond donors (Lipinski definition) is 0. The molecule has 1 aliphatic carbocycles. The van der Waals surface area contributed by atoms with Crippen LogP contribution in [0, 0.1) is 11.8 Å². The first-order valence-electron chi connectivity index (χ1n) is 6.42. The molecule has 0 fully saturated rings. The van der Waals surface area contributed by atoms with Crippen molar-refractivity contribution in [3.63, 3.8) is 0 Å². The van der Waals surface area contributed by atoms with Crippen molar-refractivity contribution < 1.29 is 4.74 Å². The number of ether oxygens (including phenoxy) is 1. The largest absolute Gasteiger partial charge is 0.475 e. The predicted molar refractivity (Wildman–Crippen MR) is 76.7 cm³/mol. The van der Waals surface area contributed by atoms with Gasteiger partial charge in [0.1, 0.15) is 6.61 Å². The van der Waals surface area contributed by atoms with Gasteiger partial charge in [-0.25, -0.2) is 4.99 Å². The third-order valence-electron chi connectivity index (χ3n) is 3.36. The fourth-order valence-corrected chi connectivity index (χ4v) is 2.43. The van der Waals surface area contributed by atoms with Gasteiger partial charge in [-0.05, 0) is 26.2 Å². The standard InChI is InChI=1S/C16H21NO/c1-5-8-12-9-7-10-14(13(12)6-2)15-17-16(3,4)11-18-15/h5-7,9-10,12-13H,1-2,8,11H2,3-4H3/t12-,13+/m0/s1. The van der Waals surface area contributed by atoms with Crippen LogP contribution in [0.3, 0.4) is 0 Å². The van der Waals surface area contributed by atoms with E-state index in [0.29, 0.717) is 12.5 Å². The monoisotopic (exact) mass is 243 g/mol. The molecule has 96 valence electrons. The van der Waals surface area contributed by atoms with Gasteiger partial charge in [0.15, 0.2) is 0 Å². The minimum atomic E-state index is -0.114. The molecule has 0 N–H and O–H groups in total. The quantitative estimate of drug-likeness (QED) is 0.690. The maximum atomic E-state index is 5.74. The van der Waals surface area contributed by atoms with Crippen LogP contribution < -0.4 is 0 Å². The van der Waals surface area contributed by atoms with Gasteiger partial charge < -0.3 is 4.74 Å². The summed E-state index contributed by atoms with van der Waals surface area (Å²) in [6.45, 7) is 12.6. The molecule has 18 heavy (non-hydrogen) atoms. The zero-order valence-electron chi connectivity index (χ0n) is 11.2. The molecule has 2 rings (SSSR count). The fraction of sp³-hybridized carbons (Fsp3) is 0.438. The van der Waals surface area contributed by atoms with E-state index in [1.54, 1.807) is 0 Å². The van der Waals surface area contributed by atoms with Gasteiger partial charge in [-0.1, -0.05) is 30.4 Å². The topological polar surface area (TPSA) is 21.6 Å². The second-order valence-corrected chi connectivity index (χ2v) is 5.47. The van der Waals surface area contributed by atoms with Gasteiger partial charge in [0.2, 0.25) is 5.90 Å². The van der Waals surface area contributed by atoms with Crippen LogP contribution in [0.25, 0.3) is 0 Å². The number of hydrogen-bond acceptors (Lipinski definition) is 2. The van der Waals surface area contributed by atoms with Gasteiger partial charge in [0.05, 0.1) is 5.54 Å². The molecule has 0 unspecified atom stereocenters.